The van der Waals surface area contributed by atoms with Gasteiger partial charge >= 0.3 is 11.9 Å². The first-order chi connectivity index (χ1) is 15.5. The number of hydrogen-bond acceptors (Lipinski definition) is 5. The molecular weight excluding hydrogens is 408 g/mol. The topological polar surface area (TPSA) is 98.9 Å². The molecule has 2 aromatic heterocycles. The number of pyridine rings is 1. The van der Waals surface area contributed by atoms with Crippen molar-refractivity contribution in [1.29, 1.82) is 0 Å². The first-order valence-corrected chi connectivity index (χ1v) is 10.9. The Morgan fingerprint density at radius 3 is 2.53 bits per heavy atom. The van der Waals surface area contributed by atoms with E-state index in [1.54, 1.807) is 23.2 Å². The molecule has 32 heavy (non-hydrogen) atoms. The standard InChI is InChI=1S/C24H28N4O4/c29-22(30)17-28-16-20(19-4-1-2-5-21(19)28)23(24(31)32)27-12-3-11-26(14-15-27)13-8-18-6-9-25-10-7-18/h1-2,4-7,9-10,16,23H,3,8,11-15,17H2,(H,29,30)(H,31,32). The molecule has 1 atom stereocenters. The minimum atomic E-state index is -0.955. The molecule has 168 valence electrons. The summed E-state index contributed by atoms with van der Waals surface area (Å²) in [7, 11) is 0. The maximum atomic E-state index is 12.4. The van der Waals surface area contributed by atoms with Crippen molar-refractivity contribution in [1.82, 2.24) is 19.4 Å². The number of nitrogens with zero attached hydrogens (tertiary/aromatic N) is 4. The first-order valence-electron chi connectivity index (χ1n) is 10.9. The monoisotopic (exact) mass is 436 g/mol. The third kappa shape index (κ3) is 4.98. The van der Waals surface area contributed by atoms with Crippen LogP contribution in [0, 0.1) is 0 Å². The molecule has 0 amide bonds. The number of aromatic nitrogens is 2. The van der Waals surface area contributed by atoms with Gasteiger partial charge in [-0.05, 0) is 43.1 Å². The summed E-state index contributed by atoms with van der Waals surface area (Å²) in [6.45, 7) is 3.77. The number of benzene rings is 1. The first kappa shape index (κ1) is 22.0. The maximum absolute atomic E-state index is 12.4. The Kier molecular flexibility index (Phi) is 6.82. The predicted molar refractivity (Wildman–Crippen MR) is 121 cm³/mol. The van der Waals surface area contributed by atoms with Crippen LogP contribution < -0.4 is 0 Å². The van der Waals surface area contributed by atoms with Crippen molar-refractivity contribution in [2.45, 2.75) is 25.4 Å². The predicted octanol–water partition coefficient (Wildman–Crippen LogP) is 2.50. The number of para-hydroxylation sites is 1. The summed E-state index contributed by atoms with van der Waals surface area (Å²) >= 11 is 0. The van der Waals surface area contributed by atoms with Gasteiger partial charge in [-0.3, -0.25) is 19.5 Å². The molecule has 1 fully saturated rings. The van der Waals surface area contributed by atoms with E-state index in [4.69, 9.17) is 0 Å². The van der Waals surface area contributed by atoms with Crippen LogP contribution in [0.15, 0.2) is 55.0 Å². The lowest BCUT2D eigenvalue weighted by Crippen LogP contribution is -2.37. The fourth-order valence-electron chi connectivity index (χ4n) is 4.56. The molecule has 1 aliphatic rings. The highest BCUT2D eigenvalue weighted by molar-refractivity contribution is 5.90. The van der Waals surface area contributed by atoms with Gasteiger partial charge in [-0.25, -0.2) is 0 Å². The van der Waals surface area contributed by atoms with Crippen molar-refractivity contribution in [2.75, 3.05) is 32.7 Å². The highest BCUT2D eigenvalue weighted by atomic mass is 16.4. The van der Waals surface area contributed by atoms with Crippen molar-refractivity contribution < 1.29 is 19.8 Å². The van der Waals surface area contributed by atoms with E-state index in [0.29, 0.717) is 18.7 Å². The molecule has 3 heterocycles. The van der Waals surface area contributed by atoms with Crippen LogP contribution in [0.1, 0.15) is 23.6 Å². The summed E-state index contributed by atoms with van der Waals surface area (Å²) < 4.78 is 1.63. The summed E-state index contributed by atoms with van der Waals surface area (Å²) in [4.78, 5) is 32.2. The lowest BCUT2D eigenvalue weighted by Gasteiger charge is -2.27. The van der Waals surface area contributed by atoms with Crippen LogP contribution in [0.3, 0.4) is 0 Å². The van der Waals surface area contributed by atoms with Gasteiger partial charge in [0.2, 0.25) is 0 Å². The number of carboxylic acids is 2. The van der Waals surface area contributed by atoms with E-state index in [-0.39, 0.29) is 6.54 Å². The van der Waals surface area contributed by atoms with Gasteiger partial charge < -0.3 is 19.7 Å². The third-order valence-corrected chi connectivity index (χ3v) is 6.11. The lowest BCUT2D eigenvalue weighted by molar-refractivity contribution is -0.143. The number of carbonyl (C=O) groups is 2. The zero-order valence-electron chi connectivity index (χ0n) is 17.9. The second-order valence-electron chi connectivity index (χ2n) is 8.20. The van der Waals surface area contributed by atoms with Crippen LogP contribution in [0.4, 0.5) is 0 Å². The SMILES string of the molecule is O=C(O)Cn1cc(C(C(=O)O)N2CCCN(CCc3ccncc3)CC2)c2ccccc21. The Morgan fingerprint density at radius 1 is 1.00 bits per heavy atom. The van der Waals surface area contributed by atoms with Crippen molar-refractivity contribution in [3.05, 3.63) is 66.1 Å². The molecular formula is C24H28N4O4. The number of rotatable bonds is 8. The molecule has 8 nitrogen and oxygen atoms in total. The number of carboxylic acid groups (broad SMARTS) is 2. The van der Waals surface area contributed by atoms with Gasteiger partial charge in [-0.15, -0.1) is 0 Å². The van der Waals surface area contributed by atoms with Gasteiger partial charge in [0.25, 0.3) is 0 Å². The third-order valence-electron chi connectivity index (χ3n) is 6.11. The van der Waals surface area contributed by atoms with Crippen molar-refractivity contribution in [3.63, 3.8) is 0 Å². The molecule has 1 saturated heterocycles. The van der Waals surface area contributed by atoms with E-state index in [1.165, 1.54) is 5.56 Å². The molecule has 0 radical (unpaired) electrons. The molecule has 0 saturated carbocycles. The normalized spacial score (nSPS) is 16.6. The molecule has 1 aromatic carbocycles. The minimum Gasteiger partial charge on any atom is -0.480 e. The molecule has 3 aromatic rings. The molecule has 1 unspecified atom stereocenters. The van der Waals surface area contributed by atoms with E-state index in [0.717, 1.165) is 43.4 Å². The molecule has 8 heteroatoms. The fourth-order valence-corrected chi connectivity index (χ4v) is 4.56. The molecule has 4 rings (SSSR count). The summed E-state index contributed by atoms with van der Waals surface area (Å²) in [5.41, 5.74) is 2.64. The van der Waals surface area contributed by atoms with Crippen molar-refractivity contribution in [2.24, 2.45) is 0 Å². The van der Waals surface area contributed by atoms with Crippen LogP contribution in [0.2, 0.25) is 0 Å². The summed E-state index contributed by atoms with van der Waals surface area (Å²) in [5, 5.41) is 20.2. The summed E-state index contributed by atoms with van der Waals surface area (Å²) in [5.74, 6) is -1.86. The van der Waals surface area contributed by atoms with Gasteiger partial charge in [-0.2, -0.15) is 0 Å². The van der Waals surface area contributed by atoms with Crippen LogP contribution in [0.5, 0.6) is 0 Å². The van der Waals surface area contributed by atoms with E-state index in [1.807, 2.05) is 41.3 Å². The van der Waals surface area contributed by atoms with Gasteiger partial charge in [0.05, 0.1) is 0 Å². The minimum absolute atomic E-state index is 0.199. The van der Waals surface area contributed by atoms with E-state index < -0.39 is 18.0 Å². The Balaban J connectivity index is 1.52. The van der Waals surface area contributed by atoms with Gasteiger partial charge in [0, 0.05) is 61.2 Å². The molecule has 0 spiro atoms. The maximum Gasteiger partial charge on any atom is 0.325 e. The average Bonchev–Trinajstić information content (AvgIpc) is 2.96. The Hall–Kier alpha value is -3.23. The van der Waals surface area contributed by atoms with E-state index >= 15 is 0 Å². The molecule has 0 aliphatic carbocycles. The van der Waals surface area contributed by atoms with Gasteiger partial charge in [-0.1, -0.05) is 18.2 Å². The average molecular weight is 437 g/mol. The second-order valence-corrected chi connectivity index (χ2v) is 8.20. The highest BCUT2D eigenvalue weighted by Crippen LogP contribution is 2.31. The fraction of sp³-hybridized carbons (Fsp3) is 0.375. The smallest absolute Gasteiger partial charge is 0.325 e. The van der Waals surface area contributed by atoms with Gasteiger partial charge in [0.1, 0.15) is 12.6 Å². The molecule has 1 aliphatic heterocycles. The van der Waals surface area contributed by atoms with Gasteiger partial charge in [0.15, 0.2) is 0 Å². The number of aliphatic carboxylic acids is 2. The lowest BCUT2D eigenvalue weighted by atomic mass is 10.0. The number of fused-ring (bicyclic) bond motifs is 1. The van der Waals surface area contributed by atoms with E-state index in [9.17, 15) is 19.8 Å². The van der Waals surface area contributed by atoms with Crippen molar-refractivity contribution in [3.8, 4) is 0 Å². The summed E-state index contributed by atoms with van der Waals surface area (Å²) in [6, 6.07) is 10.7. The molecule has 0 bridgehead atoms. The molecule has 2 N–H and O–H groups in total. The quantitative estimate of drug-likeness (QED) is 0.560. The van der Waals surface area contributed by atoms with Crippen LogP contribution >= 0.6 is 0 Å². The van der Waals surface area contributed by atoms with Crippen molar-refractivity contribution >= 4 is 22.8 Å². The van der Waals surface area contributed by atoms with Crippen LogP contribution in [-0.4, -0.2) is 74.2 Å². The zero-order valence-corrected chi connectivity index (χ0v) is 17.9. The van der Waals surface area contributed by atoms with E-state index in [2.05, 4.69) is 9.88 Å². The Morgan fingerprint density at radius 2 is 1.78 bits per heavy atom. The Labute approximate surface area is 186 Å². The van der Waals surface area contributed by atoms with Crippen LogP contribution in [0.25, 0.3) is 10.9 Å². The summed E-state index contributed by atoms with van der Waals surface area (Å²) in [6.07, 6.45) is 7.13. The second kappa shape index (κ2) is 9.93. The highest BCUT2D eigenvalue weighted by Gasteiger charge is 2.31. The Bertz CT molecular complexity index is 1080. The largest absolute Gasteiger partial charge is 0.480 e. The van der Waals surface area contributed by atoms with Crippen LogP contribution in [-0.2, 0) is 22.6 Å². The zero-order chi connectivity index (χ0) is 22.5. The number of hydrogen-bond donors (Lipinski definition) is 2.